The molecule has 0 bridgehead atoms. The third-order valence-electron chi connectivity index (χ3n) is 3.89. The Labute approximate surface area is 115 Å². The van der Waals surface area contributed by atoms with Crippen LogP contribution in [-0.4, -0.2) is 36.1 Å². The summed E-state index contributed by atoms with van der Waals surface area (Å²) in [5.41, 5.74) is -4.10. The highest BCUT2D eigenvalue weighted by Crippen LogP contribution is 2.61. The minimum Gasteiger partial charge on any atom is -0.459 e. The molecule has 1 saturated heterocycles. The van der Waals surface area contributed by atoms with Crippen molar-refractivity contribution in [2.75, 3.05) is 0 Å². The van der Waals surface area contributed by atoms with Gasteiger partial charge in [0.05, 0.1) is 6.10 Å². The Kier molecular flexibility index (Phi) is 3.76. The number of esters is 1. The van der Waals surface area contributed by atoms with Crippen LogP contribution >= 0.6 is 0 Å². The van der Waals surface area contributed by atoms with Crippen LogP contribution in [0.2, 0.25) is 0 Å². The highest BCUT2D eigenvalue weighted by atomic mass is 19.4. The molecule has 1 saturated carbocycles. The van der Waals surface area contributed by atoms with Crippen molar-refractivity contribution >= 4 is 5.97 Å². The number of ether oxygens (including phenoxy) is 2. The van der Waals surface area contributed by atoms with E-state index in [-0.39, 0.29) is 19.3 Å². The van der Waals surface area contributed by atoms with Gasteiger partial charge < -0.3 is 9.47 Å². The van der Waals surface area contributed by atoms with E-state index in [1.54, 1.807) is 0 Å². The van der Waals surface area contributed by atoms with Gasteiger partial charge in [-0.05, 0) is 12.8 Å². The molecule has 1 heterocycles. The Morgan fingerprint density at radius 3 is 2.19 bits per heavy atom. The van der Waals surface area contributed by atoms with Gasteiger partial charge >= 0.3 is 18.3 Å². The minimum atomic E-state index is -5.53. The molecule has 3 atom stereocenters. The van der Waals surface area contributed by atoms with E-state index in [1.165, 1.54) is 0 Å². The van der Waals surface area contributed by atoms with Gasteiger partial charge in [-0.2, -0.15) is 26.3 Å². The molecule has 2 fully saturated rings. The summed E-state index contributed by atoms with van der Waals surface area (Å²) >= 11 is 0. The van der Waals surface area contributed by atoms with Gasteiger partial charge in [0.1, 0.15) is 6.10 Å². The van der Waals surface area contributed by atoms with E-state index in [0.717, 1.165) is 6.08 Å². The molecular formula is C12H12F6O3. The Hall–Kier alpha value is -1.25. The van der Waals surface area contributed by atoms with Crippen LogP contribution in [0.1, 0.15) is 19.3 Å². The maximum atomic E-state index is 12.8. The highest BCUT2D eigenvalue weighted by molar-refractivity contribution is 5.81. The van der Waals surface area contributed by atoms with Crippen molar-refractivity contribution < 1.29 is 40.6 Å². The quantitative estimate of drug-likeness (QED) is 0.446. The molecule has 1 aliphatic heterocycles. The summed E-state index contributed by atoms with van der Waals surface area (Å²) in [6.07, 6.45) is -12.8. The normalized spacial score (nSPS) is 31.8. The predicted octanol–water partition coefficient (Wildman–Crippen LogP) is 3.15. The Balaban J connectivity index is 2.12. The third kappa shape index (κ3) is 2.41. The fourth-order valence-electron chi connectivity index (χ4n) is 2.98. The van der Waals surface area contributed by atoms with Crippen LogP contribution in [0.4, 0.5) is 26.3 Å². The van der Waals surface area contributed by atoms with Gasteiger partial charge in [-0.3, -0.25) is 0 Å². The summed E-state index contributed by atoms with van der Waals surface area (Å²) in [7, 11) is 0. The standard InChI is InChI=1S/C12H12F6O3/c1-2-9(19)20-6-3-4-7-8(5-6)21-10(7,11(13,14)15)12(16,17)18/h2,6-8H,1,3-5H2. The number of hydrogen-bond acceptors (Lipinski definition) is 3. The molecule has 0 aromatic rings. The number of halogens is 6. The topological polar surface area (TPSA) is 35.5 Å². The number of hydrogen-bond donors (Lipinski definition) is 0. The third-order valence-corrected chi connectivity index (χ3v) is 3.89. The fourth-order valence-corrected chi connectivity index (χ4v) is 2.98. The smallest absolute Gasteiger partial charge is 0.426 e. The zero-order valence-electron chi connectivity index (χ0n) is 10.6. The van der Waals surface area contributed by atoms with E-state index >= 15 is 0 Å². The van der Waals surface area contributed by atoms with Crippen molar-refractivity contribution in [1.82, 2.24) is 0 Å². The van der Waals surface area contributed by atoms with E-state index in [9.17, 15) is 31.1 Å². The van der Waals surface area contributed by atoms with E-state index in [2.05, 4.69) is 11.3 Å². The zero-order valence-corrected chi connectivity index (χ0v) is 10.6. The molecule has 0 spiro atoms. The largest absolute Gasteiger partial charge is 0.459 e. The lowest BCUT2D eigenvalue weighted by Gasteiger charge is -2.57. The lowest BCUT2D eigenvalue weighted by atomic mass is 9.67. The first kappa shape index (κ1) is 16.1. The molecule has 0 aromatic carbocycles. The molecule has 21 heavy (non-hydrogen) atoms. The van der Waals surface area contributed by atoms with Crippen LogP contribution < -0.4 is 0 Å². The van der Waals surface area contributed by atoms with Gasteiger partial charge in [0.2, 0.25) is 0 Å². The monoisotopic (exact) mass is 318 g/mol. The van der Waals surface area contributed by atoms with Crippen molar-refractivity contribution in [3.8, 4) is 0 Å². The van der Waals surface area contributed by atoms with Crippen LogP contribution in [0.3, 0.4) is 0 Å². The van der Waals surface area contributed by atoms with E-state index in [0.29, 0.717) is 0 Å². The summed E-state index contributed by atoms with van der Waals surface area (Å²) in [6.45, 7) is 3.16. The summed E-state index contributed by atoms with van der Waals surface area (Å²) < 4.78 is 86.1. The average molecular weight is 318 g/mol. The Bertz CT molecular complexity index is 427. The molecule has 0 aromatic heterocycles. The number of rotatable bonds is 2. The van der Waals surface area contributed by atoms with Crippen LogP contribution in [0.15, 0.2) is 12.7 Å². The second-order valence-corrected chi connectivity index (χ2v) is 5.07. The predicted molar refractivity (Wildman–Crippen MR) is 57.1 cm³/mol. The van der Waals surface area contributed by atoms with Crippen LogP contribution in [0, 0.1) is 5.92 Å². The van der Waals surface area contributed by atoms with E-state index in [1.807, 2.05) is 0 Å². The van der Waals surface area contributed by atoms with Crippen molar-refractivity contribution in [3.05, 3.63) is 12.7 Å². The molecule has 1 aliphatic carbocycles. The van der Waals surface area contributed by atoms with Gasteiger partial charge in [0.25, 0.3) is 5.60 Å². The van der Waals surface area contributed by atoms with Crippen LogP contribution in [0.5, 0.6) is 0 Å². The molecule has 3 nitrogen and oxygen atoms in total. The van der Waals surface area contributed by atoms with Crippen molar-refractivity contribution in [3.63, 3.8) is 0 Å². The molecule has 2 aliphatic rings. The maximum absolute atomic E-state index is 12.8. The van der Waals surface area contributed by atoms with Gasteiger partial charge in [0.15, 0.2) is 0 Å². The Morgan fingerprint density at radius 2 is 1.76 bits per heavy atom. The van der Waals surface area contributed by atoms with Crippen molar-refractivity contribution in [2.24, 2.45) is 5.92 Å². The average Bonchev–Trinajstić information content (AvgIpc) is 2.28. The molecule has 0 N–H and O–H groups in total. The number of alkyl halides is 6. The molecule has 3 unspecified atom stereocenters. The summed E-state index contributed by atoms with van der Waals surface area (Å²) in [6, 6.07) is 0. The van der Waals surface area contributed by atoms with Gasteiger partial charge in [-0.1, -0.05) is 6.58 Å². The number of carbonyl (C=O) groups is 1. The number of carbonyl (C=O) groups excluding carboxylic acids is 1. The van der Waals surface area contributed by atoms with Gasteiger partial charge in [-0.15, -0.1) is 0 Å². The first-order valence-electron chi connectivity index (χ1n) is 6.17. The first-order chi connectivity index (χ1) is 9.53. The summed E-state index contributed by atoms with van der Waals surface area (Å²) in [5, 5.41) is 0. The zero-order chi connectivity index (χ0) is 16.1. The van der Waals surface area contributed by atoms with Gasteiger partial charge in [0, 0.05) is 18.4 Å². The maximum Gasteiger partial charge on any atom is 0.426 e. The van der Waals surface area contributed by atoms with Crippen molar-refractivity contribution in [2.45, 2.75) is 49.4 Å². The SMILES string of the molecule is C=CC(=O)OC1CCC2C(C1)OC2(C(F)(F)F)C(F)(F)F. The van der Waals surface area contributed by atoms with Crippen LogP contribution in [0.25, 0.3) is 0 Å². The summed E-state index contributed by atoms with van der Waals surface area (Å²) in [4.78, 5) is 11.0. The van der Waals surface area contributed by atoms with E-state index < -0.39 is 42.0 Å². The Morgan fingerprint density at radius 1 is 1.19 bits per heavy atom. The second-order valence-electron chi connectivity index (χ2n) is 5.07. The fraction of sp³-hybridized carbons (Fsp3) is 0.750. The molecule has 120 valence electrons. The number of fused-ring (bicyclic) bond motifs is 1. The van der Waals surface area contributed by atoms with Crippen molar-refractivity contribution in [1.29, 1.82) is 0 Å². The lowest BCUT2D eigenvalue weighted by molar-refractivity contribution is -0.471. The van der Waals surface area contributed by atoms with E-state index in [4.69, 9.17) is 4.74 Å². The molecule has 2 rings (SSSR count). The lowest BCUT2D eigenvalue weighted by Crippen LogP contribution is -2.75. The molecule has 0 radical (unpaired) electrons. The molecule has 0 amide bonds. The summed E-state index contributed by atoms with van der Waals surface area (Å²) in [5.74, 6) is -2.47. The molecular weight excluding hydrogens is 306 g/mol. The van der Waals surface area contributed by atoms with Gasteiger partial charge in [-0.25, -0.2) is 4.79 Å². The van der Waals surface area contributed by atoms with Crippen LogP contribution in [-0.2, 0) is 14.3 Å². The second kappa shape index (κ2) is 4.89. The highest BCUT2D eigenvalue weighted by Gasteiger charge is 2.82. The first-order valence-corrected chi connectivity index (χ1v) is 6.17. The molecule has 9 heteroatoms. The minimum absolute atomic E-state index is 0.0714.